The summed E-state index contributed by atoms with van der Waals surface area (Å²) in [5.74, 6) is 0.256. The van der Waals surface area contributed by atoms with Crippen molar-refractivity contribution in [1.29, 1.82) is 0 Å². The number of nitrogens with one attached hydrogen (secondary N) is 1. The molecule has 0 unspecified atom stereocenters. The summed E-state index contributed by atoms with van der Waals surface area (Å²) >= 11 is 0. The molecule has 0 fully saturated rings. The second kappa shape index (κ2) is 7.38. The van der Waals surface area contributed by atoms with Gasteiger partial charge in [0.1, 0.15) is 24.0 Å². The maximum absolute atomic E-state index is 12.4. The van der Waals surface area contributed by atoms with Crippen molar-refractivity contribution in [3.05, 3.63) is 48.4 Å². The van der Waals surface area contributed by atoms with Crippen LogP contribution in [0.4, 0.5) is 5.95 Å². The fraction of sp³-hybridized carbons (Fsp3) is 0.389. The van der Waals surface area contributed by atoms with Gasteiger partial charge in [0.15, 0.2) is 0 Å². The number of fused-ring (bicyclic) bond motifs is 1. The van der Waals surface area contributed by atoms with Gasteiger partial charge < -0.3 is 14.8 Å². The highest BCUT2D eigenvalue weighted by molar-refractivity contribution is 5.79. The van der Waals surface area contributed by atoms with Crippen LogP contribution in [0, 0.1) is 5.92 Å². The Morgan fingerprint density at radius 3 is 2.96 bits per heavy atom. The maximum atomic E-state index is 12.4. The number of methoxy groups -OCH3 is 1. The van der Waals surface area contributed by atoms with Crippen LogP contribution in [0.15, 0.2) is 42.9 Å². The molecule has 132 valence electrons. The molecule has 0 spiro atoms. The van der Waals surface area contributed by atoms with E-state index in [0.717, 1.165) is 24.2 Å². The van der Waals surface area contributed by atoms with Gasteiger partial charge in [0.2, 0.25) is 5.95 Å². The van der Waals surface area contributed by atoms with Crippen molar-refractivity contribution in [2.24, 2.45) is 5.92 Å². The summed E-state index contributed by atoms with van der Waals surface area (Å²) in [5, 5.41) is 7.32. The number of ether oxygens (including phenoxy) is 2. The van der Waals surface area contributed by atoms with E-state index in [1.165, 1.54) is 13.4 Å². The monoisotopic (exact) mass is 342 g/mol. The van der Waals surface area contributed by atoms with Gasteiger partial charge in [-0.25, -0.2) is 4.68 Å². The summed E-state index contributed by atoms with van der Waals surface area (Å²) in [5.41, 5.74) is 1.38. The summed E-state index contributed by atoms with van der Waals surface area (Å²) in [7, 11) is 1.37. The lowest BCUT2D eigenvalue weighted by molar-refractivity contribution is -0.145. The van der Waals surface area contributed by atoms with E-state index in [-0.39, 0.29) is 5.97 Å². The van der Waals surface area contributed by atoms with Crippen LogP contribution < -0.4 is 10.1 Å². The van der Waals surface area contributed by atoms with Crippen molar-refractivity contribution in [1.82, 2.24) is 14.8 Å². The van der Waals surface area contributed by atoms with Crippen molar-refractivity contribution < 1.29 is 14.3 Å². The molecule has 3 rings (SSSR count). The molecule has 1 N–H and O–H groups in total. The number of rotatable bonds is 6. The molecule has 0 aliphatic carbocycles. The van der Waals surface area contributed by atoms with Crippen LogP contribution in [0.3, 0.4) is 0 Å². The number of unbranched alkanes of at least 4 members (excludes halogenated alkanes) is 1. The van der Waals surface area contributed by atoms with Crippen molar-refractivity contribution >= 4 is 11.9 Å². The Labute approximate surface area is 146 Å². The fourth-order valence-corrected chi connectivity index (χ4v) is 2.99. The van der Waals surface area contributed by atoms with Crippen molar-refractivity contribution in [3.63, 3.8) is 0 Å². The zero-order chi connectivity index (χ0) is 17.8. The van der Waals surface area contributed by atoms with Crippen LogP contribution in [-0.4, -0.2) is 34.5 Å². The second-order valence-electron chi connectivity index (χ2n) is 5.86. The molecule has 1 aliphatic rings. The molecule has 2 aromatic rings. The highest BCUT2D eigenvalue weighted by atomic mass is 16.5. The number of hydrogen-bond acceptors (Lipinski definition) is 6. The smallest absolute Gasteiger partial charge is 0.317 e. The van der Waals surface area contributed by atoms with Gasteiger partial charge in [0, 0.05) is 11.3 Å². The third kappa shape index (κ3) is 3.22. The normalized spacial score (nSPS) is 19.0. The van der Waals surface area contributed by atoms with Gasteiger partial charge in [-0.2, -0.15) is 10.1 Å². The largest absolute Gasteiger partial charge is 0.493 e. The van der Waals surface area contributed by atoms with Crippen LogP contribution in [0.5, 0.6) is 5.75 Å². The van der Waals surface area contributed by atoms with Gasteiger partial charge in [-0.1, -0.05) is 38.1 Å². The number of para-hydroxylation sites is 1. The quantitative estimate of drug-likeness (QED) is 0.642. The first-order chi connectivity index (χ1) is 12.2. The van der Waals surface area contributed by atoms with Gasteiger partial charge in [0.25, 0.3) is 0 Å². The Bertz CT molecular complexity index is 771. The number of benzene rings is 1. The average molecular weight is 342 g/mol. The lowest BCUT2D eigenvalue weighted by Crippen LogP contribution is -2.37. The molecular weight excluding hydrogens is 320 g/mol. The number of anilines is 1. The summed E-state index contributed by atoms with van der Waals surface area (Å²) in [6.45, 7) is 6.72. The molecule has 0 bridgehead atoms. The van der Waals surface area contributed by atoms with E-state index in [2.05, 4.69) is 28.9 Å². The zero-order valence-electron chi connectivity index (χ0n) is 14.4. The van der Waals surface area contributed by atoms with Gasteiger partial charge >= 0.3 is 5.97 Å². The predicted molar refractivity (Wildman–Crippen MR) is 93.3 cm³/mol. The van der Waals surface area contributed by atoms with E-state index in [4.69, 9.17) is 9.47 Å². The SMILES string of the molecule is C=C1Nc2ncnn2[C@H](c2ccccc2OCCCC)[C@@H]1C(=O)OC. The minimum absolute atomic E-state index is 0.382. The Hall–Kier alpha value is -2.83. The standard InChI is InChI=1S/C18H22N4O3/c1-4-5-10-25-14-9-7-6-8-13(14)16-15(17(23)24-3)12(2)21-18-19-11-20-22(16)18/h6-9,11,15-16H,2,4-5,10H2,1,3H3,(H,19,20,21)/t15-,16-/m1/s1. The molecule has 2 atom stereocenters. The Morgan fingerprint density at radius 1 is 1.40 bits per heavy atom. The van der Waals surface area contributed by atoms with Crippen molar-refractivity contribution in [2.75, 3.05) is 19.0 Å². The third-order valence-electron chi connectivity index (χ3n) is 4.25. The minimum atomic E-state index is -0.630. The van der Waals surface area contributed by atoms with Crippen molar-refractivity contribution in [2.45, 2.75) is 25.8 Å². The van der Waals surface area contributed by atoms with Gasteiger partial charge in [-0.15, -0.1) is 0 Å². The molecule has 0 amide bonds. The second-order valence-corrected chi connectivity index (χ2v) is 5.86. The first-order valence-corrected chi connectivity index (χ1v) is 8.32. The molecule has 1 aromatic heterocycles. The van der Waals surface area contributed by atoms with E-state index >= 15 is 0 Å². The number of carbonyl (C=O) groups excluding carboxylic acids is 1. The summed E-state index contributed by atoms with van der Waals surface area (Å²) in [6.07, 6.45) is 3.45. The van der Waals surface area contributed by atoms with E-state index in [0.29, 0.717) is 18.3 Å². The van der Waals surface area contributed by atoms with Crippen LogP contribution in [-0.2, 0) is 9.53 Å². The van der Waals surface area contributed by atoms with Crippen molar-refractivity contribution in [3.8, 4) is 5.75 Å². The van der Waals surface area contributed by atoms with Gasteiger partial charge in [-0.3, -0.25) is 4.79 Å². The first-order valence-electron chi connectivity index (χ1n) is 8.32. The van der Waals surface area contributed by atoms with Gasteiger partial charge in [-0.05, 0) is 12.5 Å². The van der Waals surface area contributed by atoms with E-state index in [1.807, 2.05) is 24.3 Å². The number of aromatic nitrogens is 3. The third-order valence-corrected chi connectivity index (χ3v) is 4.25. The summed E-state index contributed by atoms with van der Waals surface area (Å²) in [6, 6.07) is 7.23. The summed E-state index contributed by atoms with van der Waals surface area (Å²) < 4.78 is 12.6. The number of esters is 1. The molecule has 7 nitrogen and oxygen atoms in total. The topological polar surface area (TPSA) is 78.3 Å². The highest BCUT2D eigenvalue weighted by Gasteiger charge is 2.41. The van der Waals surface area contributed by atoms with E-state index < -0.39 is 12.0 Å². The molecule has 7 heteroatoms. The predicted octanol–water partition coefficient (Wildman–Crippen LogP) is 2.77. The number of carbonyl (C=O) groups is 1. The minimum Gasteiger partial charge on any atom is -0.493 e. The molecular formula is C18H22N4O3. The molecule has 0 saturated heterocycles. The molecule has 2 heterocycles. The van der Waals surface area contributed by atoms with Crippen LogP contribution >= 0.6 is 0 Å². The summed E-state index contributed by atoms with van der Waals surface area (Å²) in [4.78, 5) is 16.6. The molecule has 25 heavy (non-hydrogen) atoms. The van der Waals surface area contributed by atoms with Crippen LogP contribution in [0.1, 0.15) is 31.4 Å². The zero-order valence-corrected chi connectivity index (χ0v) is 14.4. The fourth-order valence-electron chi connectivity index (χ4n) is 2.99. The van der Waals surface area contributed by atoms with Crippen LogP contribution in [0.2, 0.25) is 0 Å². The van der Waals surface area contributed by atoms with Crippen LogP contribution in [0.25, 0.3) is 0 Å². The molecule has 0 radical (unpaired) electrons. The lowest BCUT2D eigenvalue weighted by Gasteiger charge is -2.33. The van der Waals surface area contributed by atoms with E-state index in [9.17, 15) is 4.79 Å². The Balaban J connectivity index is 2.06. The van der Waals surface area contributed by atoms with E-state index in [1.54, 1.807) is 4.68 Å². The number of hydrogen-bond donors (Lipinski definition) is 1. The molecule has 0 saturated carbocycles. The lowest BCUT2D eigenvalue weighted by atomic mass is 9.88. The number of nitrogens with zero attached hydrogens (tertiary/aromatic N) is 3. The average Bonchev–Trinajstić information content (AvgIpc) is 3.08. The highest BCUT2D eigenvalue weighted by Crippen LogP contribution is 2.41. The van der Waals surface area contributed by atoms with Gasteiger partial charge in [0.05, 0.1) is 13.7 Å². The Kier molecular flexibility index (Phi) is 5.02. The molecule has 1 aromatic carbocycles. The molecule has 1 aliphatic heterocycles. The Morgan fingerprint density at radius 2 is 2.20 bits per heavy atom. The first kappa shape index (κ1) is 17.0. The maximum Gasteiger partial charge on any atom is 0.317 e.